The number of nitro groups is 4. The molecular weight excluding hydrogens is 464 g/mol. The molecule has 0 fully saturated rings. The zero-order valence-corrected chi connectivity index (χ0v) is 18.2. The Morgan fingerprint density at radius 2 is 0.938 bits per heavy atom. The van der Waals surface area contributed by atoms with Gasteiger partial charge in [0.2, 0.25) is 0 Å². The van der Waals surface area contributed by atoms with Gasteiger partial charge in [-0.15, -0.1) is 23.5 Å². The number of nitro benzene ring substituents is 4. The smallest absolute Gasteiger partial charge is 0.258 e. The SMILES string of the molecule is O=[N+]([O-])c1ccc(SCCCCCCSc2ccc([N+](=O)[O-])cc2[N+](=O)[O-])c([N+](=O)[O-])c1. The van der Waals surface area contributed by atoms with Gasteiger partial charge in [0.25, 0.3) is 22.7 Å². The van der Waals surface area contributed by atoms with E-state index in [1.54, 1.807) is 0 Å². The van der Waals surface area contributed by atoms with Gasteiger partial charge in [0.1, 0.15) is 0 Å². The summed E-state index contributed by atoms with van der Waals surface area (Å²) in [6, 6.07) is 7.16. The molecule has 0 saturated carbocycles. The third-order valence-corrected chi connectivity index (χ3v) is 6.55. The highest BCUT2D eigenvalue weighted by Gasteiger charge is 2.20. The van der Waals surface area contributed by atoms with Crippen molar-refractivity contribution in [3.8, 4) is 0 Å². The van der Waals surface area contributed by atoms with Crippen LogP contribution in [0.2, 0.25) is 0 Å². The van der Waals surface area contributed by atoms with Crippen LogP contribution in [0.1, 0.15) is 25.7 Å². The molecule has 0 aliphatic rings. The van der Waals surface area contributed by atoms with Gasteiger partial charge in [0, 0.05) is 12.1 Å². The van der Waals surface area contributed by atoms with E-state index in [1.807, 2.05) is 0 Å². The van der Waals surface area contributed by atoms with Gasteiger partial charge in [0.15, 0.2) is 0 Å². The normalized spacial score (nSPS) is 10.6. The molecule has 14 heteroatoms. The molecule has 32 heavy (non-hydrogen) atoms. The van der Waals surface area contributed by atoms with Crippen LogP contribution in [0, 0.1) is 40.5 Å². The Morgan fingerprint density at radius 1 is 0.562 bits per heavy atom. The summed E-state index contributed by atoms with van der Waals surface area (Å²) in [7, 11) is 0. The van der Waals surface area contributed by atoms with Crippen molar-refractivity contribution in [2.75, 3.05) is 11.5 Å². The fourth-order valence-electron chi connectivity index (χ4n) is 2.69. The number of hydrogen-bond acceptors (Lipinski definition) is 10. The molecular formula is C18H18N4O8S2. The van der Waals surface area contributed by atoms with Gasteiger partial charge in [-0.05, 0) is 36.5 Å². The summed E-state index contributed by atoms with van der Waals surface area (Å²) in [5.74, 6) is 1.22. The van der Waals surface area contributed by atoms with Crippen LogP contribution in [0.4, 0.5) is 22.7 Å². The van der Waals surface area contributed by atoms with Gasteiger partial charge in [-0.3, -0.25) is 40.5 Å². The number of nitrogens with zero attached hydrogens (tertiary/aromatic N) is 4. The first-order chi connectivity index (χ1) is 15.2. The molecule has 0 radical (unpaired) electrons. The molecule has 0 heterocycles. The zero-order valence-electron chi connectivity index (χ0n) is 16.6. The maximum atomic E-state index is 11.1. The molecule has 2 rings (SSSR count). The van der Waals surface area contributed by atoms with Gasteiger partial charge in [0.05, 0.1) is 41.6 Å². The Bertz CT molecular complexity index is 953. The molecule has 0 amide bonds. The van der Waals surface area contributed by atoms with Crippen LogP contribution in [0.3, 0.4) is 0 Å². The van der Waals surface area contributed by atoms with Gasteiger partial charge in [-0.2, -0.15) is 0 Å². The van der Waals surface area contributed by atoms with Crippen molar-refractivity contribution in [3.05, 3.63) is 76.9 Å². The van der Waals surface area contributed by atoms with Crippen molar-refractivity contribution in [1.82, 2.24) is 0 Å². The number of benzene rings is 2. The lowest BCUT2D eigenvalue weighted by atomic mass is 10.2. The fraction of sp³-hybridized carbons (Fsp3) is 0.333. The highest BCUT2D eigenvalue weighted by atomic mass is 32.2. The van der Waals surface area contributed by atoms with Gasteiger partial charge in [-0.25, -0.2) is 0 Å². The van der Waals surface area contributed by atoms with Crippen LogP contribution in [-0.2, 0) is 0 Å². The van der Waals surface area contributed by atoms with E-state index in [4.69, 9.17) is 0 Å². The van der Waals surface area contributed by atoms with E-state index < -0.39 is 19.7 Å². The lowest BCUT2D eigenvalue weighted by Crippen LogP contribution is -1.95. The maximum absolute atomic E-state index is 11.1. The standard InChI is InChI=1S/C18H18N4O8S2/c23-19(24)13-5-7-17(15(11-13)21(27)28)31-9-3-1-2-4-10-32-18-8-6-14(20(25)26)12-16(18)22(29)30/h5-8,11-12H,1-4,9-10H2. The van der Waals surface area contributed by atoms with E-state index in [1.165, 1.54) is 47.8 Å². The fourth-order valence-corrected chi connectivity index (χ4v) is 4.72. The highest BCUT2D eigenvalue weighted by Crippen LogP contribution is 2.34. The third kappa shape index (κ3) is 7.16. The van der Waals surface area contributed by atoms with Crippen LogP contribution in [0.25, 0.3) is 0 Å². The second kappa shape index (κ2) is 12.0. The summed E-state index contributed by atoms with van der Waals surface area (Å²) in [5, 5.41) is 43.8. The minimum atomic E-state index is -0.676. The van der Waals surface area contributed by atoms with Gasteiger partial charge in [-0.1, -0.05) is 12.8 Å². The monoisotopic (exact) mass is 482 g/mol. The first-order valence-corrected chi connectivity index (χ1v) is 11.3. The summed E-state index contributed by atoms with van der Waals surface area (Å²) in [5.41, 5.74) is -1.23. The average molecular weight is 482 g/mol. The molecule has 2 aromatic carbocycles. The van der Waals surface area contributed by atoms with Gasteiger partial charge < -0.3 is 0 Å². The number of unbranched alkanes of at least 4 members (excludes halogenated alkanes) is 3. The second-order valence-electron chi connectivity index (χ2n) is 6.44. The first kappa shape index (κ1) is 25.0. The molecule has 170 valence electrons. The molecule has 0 unspecified atom stereocenters. The van der Waals surface area contributed by atoms with Crippen LogP contribution in [0.15, 0.2) is 46.2 Å². The topological polar surface area (TPSA) is 173 Å². The number of non-ortho nitro benzene ring substituents is 2. The number of rotatable bonds is 13. The summed E-state index contributed by atoms with van der Waals surface area (Å²) in [6.07, 6.45) is 3.25. The third-order valence-electron chi connectivity index (χ3n) is 4.25. The highest BCUT2D eigenvalue weighted by molar-refractivity contribution is 7.99. The maximum Gasteiger partial charge on any atom is 0.289 e. The number of thioether (sulfide) groups is 2. The van der Waals surface area contributed by atoms with E-state index in [0.29, 0.717) is 21.3 Å². The Kier molecular flexibility index (Phi) is 9.34. The van der Waals surface area contributed by atoms with E-state index in [0.717, 1.165) is 37.8 Å². The van der Waals surface area contributed by atoms with Crippen LogP contribution in [0.5, 0.6) is 0 Å². The van der Waals surface area contributed by atoms with Crippen LogP contribution < -0.4 is 0 Å². The summed E-state index contributed by atoms with van der Waals surface area (Å²) in [4.78, 5) is 41.9. The molecule has 0 saturated heterocycles. The molecule has 0 aliphatic heterocycles. The molecule has 0 aromatic heterocycles. The minimum Gasteiger partial charge on any atom is -0.258 e. The van der Waals surface area contributed by atoms with E-state index in [-0.39, 0.29) is 22.7 Å². The molecule has 2 aromatic rings. The number of hydrogen-bond donors (Lipinski definition) is 0. The lowest BCUT2D eigenvalue weighted by molar-refractivity contribution is -0.396. The average Bonchev–Trinajstić information content (AvgIpc) is 2.75. The summed E-state index contributed by atoms with van der Waals surface area (Å²) in [6.45, 7) is 0. The zero-order chi connectivity index (χ0) is 23.7. The van der Waals surface area contributed by atoms with Crippen molar-refractivity contribution in [1.29, 1.82) is 0 Å². The van der Waals surface area contributed by atoms with Crippen molar-refractivity contribution in [3.63, 3.8) is 0 Å². The second-order valence-corrected chi connectivity index (χ2v) is 8.72. The van der Waals surface area contributed by atoms with Crippen LogP contribution >= 0.6 is 23.5 Å². The molecule has 0 atom stereocenters. The molecule has 0 N–H and O–H groups in total. The molecule has 0 aliphatic carbocycles. The largest absolute Gasteiger partial charge is 0.289 e. The lowest BCUT2D eigenvalue weighted by Gasteiger charge is -2.05. The van der Waals surface area contributed by atoms with Crippen molar-refractivity contribution in [2.45, 2.75) is 35.5 Å². The Balaban J connectivity index is 1.75. The van der Waals surface area contributed by atoms with Crippen molar-refractivity contribution < 1.29 is 19.7 Å². The Hall–Kier alpha value is -3.26. The minimum absolute atomic E-state index is 0.287. The Labute approximate surface area is 190 Å². The predicted octanol–water partition coefficient (Wildman–Crippen LogP) is 5.76. The quantitative estimate of drug-likeness (QED) is 0.148. The van der Waals surface area contributed by atoms with E-state index >= 15 is 0 Å². The molecule has 0 spiro atoms. The Morgan fingerprint density at radius 3 is 1.25 bits per heavy atom. The summed E-state index contributed by atoms with van der Waals surface area (Å²) < 4.78 is 0. The van der Waals surface area contributed by atoms with Crippen molar-refractivity contribution >= 4 is 46.3 Å². The summed E-state index contributed by atoms with van der Waals surface area (Å²) >= 11 is 2.53. The van der Waals surface area contributed by atoms with Gasteiger partial charge >= 0.3 is 0 Å². The predicted molar refractivity (Wildman–Crippen MR) is 119 cm³/mol. The van der Waals surface area contributed by atoms with Crippen LogP contribution in [-0.4, -0.2) is 31.2 Å². The first-order valence-electron chi connectivity index (χ1n) is 9.32. The van der Waals surface area contributed by atoms with Crippen molar-refractivity contribution in [2.24, 2.45) is 0 Å². The van der Waals surface area contributed by atoms with E-state index in [9.17, 15) is 40.5 Å². The molecule has 12 nitrogen and oxygen atoms in total. The van der Waals surface area contributed by atoms with E-state index in [2.05, 4.69) is 0 Å². The molecule has 0 bridgehead atoms.